The summed E-state index contributed by atoms with van der Waals surface area (Å²) in [4.78, 5) is 22.8. The van der Waals surface area contributed by atoms with Gasteiger partial charge in [0.1, 0.15) is 5.75 Å². The highest BCUT2D eigenvalue weighted by Gasteiger charge is 2.14. The predicted octanol–water partition coefficient (Wildman–Crippen LogP) is 3.67. The molecule has 0 spiro atoms. The summed E-state index contributed by atoms with van der Waals surface area (Å²) in [6.45, 7) is -0.00963. The third kappa shape index (κ3) is 6.13. The standard InChI is InChI=1S/C20H16ClN3O4S/c21-16(10-13-6-8-15(9-7-13)28-12-17(25)26)19-23-24-20(29-19)18(27)22-11-14-4-2-1-3-5-14/h1-10H,11-12H2,(H,22,27)(H,25,26)/b16-10-. The Labute approximate surface area is 175 Å². The van der Waals surface area contributed by atoms with E-state index in [-0.39, 0.29) is 10.9 Å². The van der Waals surface area contributed by atoms with Crippen molar-refractivity contribution in [1.29, 1.82) is 0 Å². The zero-order chi connectivity index (χ0) is 20.6. The van der Waals surface area contributed by atoms with Gasteiger partial charge < -0.3 is 15.2 Å². The van der Waals surface area contributed by atoms with Crippen molar-refractivity contribution in [2.75, 3.05) is 6.61 Å². The van der Waals surface area contributed by atoms with Crippen LogP contribution in [0.5, 0.6) is 5.75 Å². The van der Waals surface area contributed by atoms with Gasteiger partial charge in [-0.1, -0.05) is 65.4 Å². The third-order valence-electron chi connectivity index (χ3n) is 3.66. The van der Waals surface area contributed by atoms with Crippen LogP contribution in [0, 0.1) is 0 Å². The monoisotopic (exact) mass is 429 g/mol. The first-order chi connectivity index (χ1) is 14.0. The van der Waals surface area contributed by atoms with E-state index >= 15 is 0 Å². The van der Waals surface area contributed by atoms with Gasteiger partial charge in [-0.3, -0.25) is 4.79 Å². The molecule has 3 rings (SSSR count). The van der Waals surface area contributed by atoms with E-state index in [1.54, 1.807) is 30.3 Å². The molecule has 0 radical (unpaired) electrons. The number of carboxylic acid groups (broad SMARTS) is 1. The molecule has 0 atom stereocenters. The average Bonchev–Trinajstić information content (AvgIpc) is 3.23. The van der Waals surface area contributed by atoms with E-state index in [9.17, 15) is 9.59 Å². The Hall–Kier alpha value is -3.23. The molecule has 0 fully saturated rings. The Kier molecular flexibility index (Phi) is 6.94. The Balaban J connectivity index is 1.61. The average molecular weight is 430 g/mol. The van der Waals surface area contributed by atoms with Gasteiger partial charge >= 0.3 is 5.97 Å². The van der Waals surface area contributed by atoms with Crippen molar-refractivity contribution in [2.24, 2.45) is 0 Å². The van der Waals surface area contributed by atoms with Crippen LogP contribution in [0.15, 0.2) is 54.6 Å². The molecule has 1 amide bonds. The minimum absolute atomic E-state index is 0.222. The number of amides is 1. The molecule has 0 aliphatic heterocycles. The number of carbonyl (C=O) groups excluding carboxylic acids is 1. The van der Waals surface area contributed by atoms with Gasteiger partial charge in [0.25, 0.3) is 5.91 Å². The van der Waals surface area contributed by atoms with E-state index in [0.29, 0.717) is 22.3 Å². The molecule has 1 heterocycles. The van der Waals surface area contributed by atoms with Gasteiger partial charge in [0.2, 0.25) is 5.01 Å². The summed E-state index contributed by atoms with van der Waals surface area (Å²) in [5.74, 6) is -0.923. The second-order valence-electron chi connectivity index (χ2n) is 5.82. The molecule has 0 aliphatic rings. The van der Waals surface area contributed by atoms with Gasteiger partial charge in [-0.2, -0.15) is 0 Å². The van der Waals surface area contributed by atoms with Gasteiger partial charge in [-0.15, -0.1) is 10.2 Å². The van der Waals surface area contributed by atoms with Gasteiger partial charge in [0, 0.05) is 6.54 Å². The van der Waals surface area contributed by atoms with Crippen molar-refractivity contribution < 1.29 is 19.4 Å². The van der Waals surface area contributed by atoms with E-state index in [1.165, 1.54) is 0 Å². The molecule has 2 aromatic carbocycles. The second kappa shape index (κ2) is 9.81. The maximum atomic E-state index is 12.2. The van der Waals surface area contributed by atoms with Gasteiger partial charge in [0.15, 0.2) is 11.6 Å². The number of aliphatic carboxylic acids is 1. The lowest BCUT2D eigenvalue weighted by Gasteiger charge is -2.03. The Bertz CT molecular complexity index is 1020. The Morgan fingerprint density at radius 3 is 2.45 bits per heavy atom. The molecule has 148 valence electrons. The van der Waals surface area contributed by atoms with Crippen LogP contribution in [-0.2, 0) is 11.3 Å². The topological polar surface area (TPSA) is 101 Å². The normalized spacial score (nSPS) is 11.1. The quantitative estimate of drug-likeness (QED) is 0.566. The minimum Gasteiger partial charge on any atom is -0.482 e. The maximum Gasteiger partial charge on any atom is 0.341 e. The first-order valence-corrected chi connectivity index (χ1v) is 9.68. The fourth-order valence-electron chi connectivity index (χ4n) is 2.28. The Morgan fingerprint density at radius 1 is 1.07 bits per heavy atom. The van der Waals surface area contributed by atoms with E-state index in [1.807, 2.05) is 30.3 Å². The molecule has 0 unspecified atom stereocenters. The molecule has 29 heavy (non-hydrogen) atoms. The predicted molar refractivity (Wildman–Crippen MR) is 111 cm³/mol. The van der Waals surface area contributed by atoms with Crippen LogP contribution in [-0.4, -0.2) is 33.8 Å². The van der Waals surface area contributed by atoms with Crippen LogP contribution in [0.25, 0.3) is 11.1 Å². The number of halogens is 1. The summed E-state index contributed by atoms with van der Waals surface area (Å²) < 4.78 is 5.08. The minimum atomic E-state index is -1.04. The molecule has 0 saturated heterocycles. The highest BCUT2D eigenvalue weighted by molar-refractivity contribution is 7.15. The molecule has 9 heteroatoms. The second-order valence-corrected chi connectivity index (χ2v) is 7.21. The number of hydrogen-bond donors (Lipinski definition) is 2. The van der Waals surface area contributed by atoms with Crippen LogP contribution in [0.3, 0.4) is 0 Å². The lowest BCUT2D eigenvalue weighted by Crippen LogP contribution is -2.22. The van der Waals surface area contributed by atoms with Crippen LogP contribution in [0.4, 0.5) is 0 Å². The number of nitrogens with zero attached hydrogens (tertiary/aromatic N) is 2. The first-order valence-electron chi connectivity index (χ1n) is 8.49. The number of carboxylic acids is 1. The van der Waals surface area contributed by atoms with Crippen LogP contribution in [0.2, 0.25) is 0 Å². The summed E-state index contributed by atoms with van der Waals surface area (Å²) in [5.41, 5.74) is 1.75. The maximum absolute atomic E-state index is 12.2. The van der Waals surface area contributed by atoms with Crippen molar-refractivity contribution in [1.82, 2.24) is 15.5 Å². The summed E-state index contributed by atoms with van der Waals surface area (Å²) in [7, 11) is 0. The summed E-state index contributed by atoms with van der Waals surface area (Å²) in [5, 5.41) is 20.3. The number of aromatic nitrogens is 2. The van der Waals surface area contributed by atoms with E-state index in [0.717, 1.165) is 22.5 Å². The summed E-state index contributed by atoms with van der Waals surface area (Å²) in [6.07, 6.45) is 1.68. The molecule has 2 N–H and O–H groups in total. The SMILES string of the molecule is O=C(O)COc1ccc(/C=C(\Cl)c2nnc(C(=O)NCc3ccccc3)s2)cc1. The molecule has 0 bridgehead atoms. The number of rotatable bonds is 8. The van der Waals surface area contributed by atoms with Crippen LogP contribution in [0.1, 0.15) is 25.9 Å². The number of benzene rings is 2. The molecule has 1 aromatic heterocycles. The summed E-state index contributed by atoms with van der Waals surface area (Å²) in [6, 6.07) is 16.3. The Morgan fingerprint density at radius 2 is 1.76 bits per heavy atom. The molecule has 7 nitrogen and oxygen atoms in total. The van der Waals surface area contributed by atoms with Crippen molar-refractivity contribution in [3.63, 3.8) is 0 Å². The van der Waals surface area contributed by atoms with Crippen LogP contribution < -0.4 is 10.1 Å². The molecular formula is C20H16ClN3O4S. The van der Waals surface area contributed by atoms with Crippen molar-refractivity contribution in [3.8, 4) is 5.75 Å². The first kappa shape index (κ1) is 20.5. The van der Waals surface area contributed by atoms with E-state index in [2.05, 4.69) is 15.5 Å². The third-order valence-corrected chi connectivity index (χ3v) is 5.01. The van der Waals surface area contributed by atoms with Gasteiger partial charge in [0.05, 0.1) is 5.03 Å². The fourth-order valence-corrected chi connectivity index (χ4v) is 3.23. The highest BCUT2D eigenvalue weighted by Crippen LogP contribution is 2.26. The van der Waals surface area contributed by atoms with E-state index in [4.69, 9.17) is 21.4 Å². The zero-order valence-electron chi connectivity index (χ0n) is 15.0. The lowest BCUT2D eigenvalue weighted by atomic mass is 10.2. The highest BCUT2D eigenvalue weighted by atomic mass is 35.5. The van der Waals surface area contributed by atoms with Crippen molar-refractivity contribution in [3.05, 3.63) is 75.7 Å². The molecule has 0 aliphatic carbocycles. The molecule has 0 saturated carbocycles. The smallest absolute Gasteiger partial charge is 0.341 e. The van der Waals surface area contributed by atoms with Gasteiger partial charge in [-0.25, -0.2) is 4.79 Å². The van der Waals surface area contributed by atoms with Gasteiger partial charge in [-0.05, 0) is 29.3 Å². The van der Waals surface area contributed by atoms with E-state index < -0.39 is 12.6 Å². The van der Waals surface area contributed by atoms with Crippen LogP contribution >= 0.6 is 22.9 Å². The summed E-state index contributed by atoms with van der Waals surface area (Å²) >= 11 is 7.40. The molecule has 3 aromatic rings. The number of hydrogen-bond acceptors (Lipinski definition) is 6. The fraction of sp³-hybridized carbons (Fsp3) is 0.100. The zero-order valence-corrected chi connectivity index (χ0v) is 16.6. The largest absolute Gasteiger partial charge is 0.482 e. The molecular weight excluding hydrogens is 414 g/mol. The number of carbonyl (C=O) groups is 2. The number of nitrogens with one attached hydrogen (secondary N) is 1. The lowest BCUT2D eigenvalue weighted by molar-refractivity contribution is -0.139. The van der Waals surface area contributed by atoms with Crippen molar-refractivity contribution in [2.45, 2.75) is 6.54 Å². The van der Waals surface area contributed by atoms with Crippen molar-refractivity contribution >= 4 is 45.9 Å². The number of ether oxygens (including phenoxy) is 1.